The van der Waals surface area contributed by atoms with Gasteiger partial charge in [-0.15, -0.1) is 11.3 Å². The lowest BCUT2D eigenvalue weighted by Gasteiger charge is -2.32. The lowest BCUT2D eigenvalue weighted by molar-refractivity contribution is -0.119. The number of nitrogens with one attached hydrogen (secondary N) is 1. The smallest absolute Gasteiger partial charge is 0.317 e. The Labute approximate surface area is 145 Å². The molecule has 2 aromatic rings. The maximum absolute atomic E-state index is 12.5. The van der Waals surface area contributed by atoms with Crippen LogP contribution >= 0.6 is 11.3 Å². The van der Waals surface area contributed by atoms with E-state index < -0.39 is 0 Å². The molecular weight excluding hydrogens is 322 g/mol. The second kappa shape index (κ2) is 7.21. The van der Waals surface area contributed by atoms with Crippen molar-refractivity contribution in [2.45, 2.75) is 32.2 Å². The molecule has 0 bridgehead atoms. The maximum Gasteiger partial charge on any atom is 0.317 e. The first-order chi connectivity index (χ1) is 11.5. The molecule has 128 valence electrons. The molecule has 3 amide bonds. The van der Waals surface area contributed by atoms with E-state index >= 15 is 0 Å². The molecule has 1 fully saturated rings. The van der Waals surface area contributed by atoms with Crippen molar-refractivity contribution in [1.82, 2.24) is 10.2 Å². The van der Waals surface area contributed by atoms with Crippen molar-refractivity contribution in [1.29, 1.82) is 0 Å². The number of nitrogens with two attached hydrogens (primary N) is 1. The molecule has 0 unspecified atom stereocenters. The van der Waals surface area contributed by atoms with E-state index in [1.807, 2.05) is 24.0 Å². The van der Waals surface area contributed by atoms with Gasteiger partial charge >= 0.3 is 6.03 Å². The van der Waals surface area contributed by atoms with Crippen molar-refractivity contribution < 1.29 is 9.59 Å². The molecule has 0 radical (unpaired) electrons. The van der Waals surface area contributed by atoms with Crippen molar-refractivity contribution in [2.75, 3.05) is 13.1 Å². The number of likely N-dealkylation sites (tertiary alicyclic amines) is 1. The number of fused-ring (bicyclic) bond motifs is 1. The molecule has 1 aromatic heterocycles. The van der Waals surface area contributed by atoms with Crippen LogP contribution in [0.3, 0.4) is 0 Å². The number of primary amides is 1. The van der Waals surface area contributed by atoms with Crippen LogP contribution in [-0.4, -0.2) is 29.9 Å². The molecular formula is C18H23N3O2S. The number of hydrogen-bond donors (Lipinski definition) is 2. The summed E-state index contributed by atoms with van der Waals surface area (Å²) in [7, 11) is 0. The number of piperidine rings is 1. The van der Waals surface area contributed by atoms with Crippen LogP contribution < -0.4 is 11.1 Å². The number of carbonyl (C=O) groups excluding carboxylic acids is 2. The van der Waals surface area contributed by atoms with Crippen LogP contribution in [0.1, 0.15) is 37.8 Å². The standard InChI is InChI=1S/C18H23N3O2S/c1-12(15-11-24-16-5-3-2-4-14(15)16)20-18(23)21-8-6-13(7-9-21)10-17(19)22/h2-5,11-13H,6-10H2,1H3,(H2,19,22)(H,20,23)/t12-/m1/s1. The number of thiophene rings is 1. The van der Waals surface area contributed by atoms with Gasteiger partial charge in [-0.3, -0.25) is 4.79 Å². The third-order valence-corrected chi connectivity index (χ3v) is 5.69. The van der Waals surface area contributed by atoms with Gasteiger partial charge in [0.15, 0.2) is 0 Å². The third kappa shape index (κ3) is 3.70. The normalized spacial score (nSPS) is 17.0. The fraction of sp³-hybridized carbons (Fsp3) is 0.444. The van der Waals surface area contributed by atoms with Gasteiger partial charge in [0.1, 0.15) is 0 Å². The van der Waals surface area contributed by atoms with E-state index in [0.717, 1.165) is 18.4 Å². The summed E-state index contributed by atoms with van der Waals surface area (Å²) in [6.07, 6.45) is 2.10. The molecule has 1 aliphatic heterocycles. The number of carbonyl (C=O) groups is 2. The summed E-state index contributed by atoms with van der Waals surface area (Å²) in [6.45, 7) is 3.38. The summed E-state index contributed by atoms with van der Waals surface area (Å²) < 4.78 is 1.24. The molecule has 0 spiro atoms. The first-order valence-electron chi connectivity index (χ1n) is 8.34. The minimum Gasteiger partial charge on any atom is -0.370 e. The van der Waals surface area contributed by atoms with E-state index in [9.17, 15) is 9.59 Å². The molecule has 3 rings (SSSR count). The number of amides is 3. The molecule has 1 aromatic carbocycles. The highest BCUT2D eigenvalue weighted by Gasteiger charge is 2.25. The van der Waals surface area contributed by atoms with Crippen molar-refractivity contribution in [3.63, 3.8) is 0 Å². The topological polar surface area (TPSA) is 75.4 Å². The van der Waals surface area contributed by atoms with Gasteiger partial charge in [0.2, 0.25) is 5.91 Å². The lowest BCUT2D eigenvalue weighted by atomic mass is 9.93. The van der Waals surface area contributed by atoms with Crippen LogP contribution in [0.2, 0.25) is 0 Å². The quantitative estimate of drug-likeness (QED) is 0.892. The molecule has 0 saturated carbocycles. The lowest BCUT2D eigenvalue weighted by Crippen LogP contribution is -2.45. The van der Waals surface area contributed by atoms with E-state index in [1.54, 1.807) is 11.3 Å². The highest BCUT2D eigenvalue weighted by molar-refractivity contribution is 7.17. The molecule has 1 atom stereocenters. The van der Waals surface area contributed by atoms with Gasteiger partial charge in [0.25, 0.3) is 0 Å². The zero-order valence-electron chi connectivity index (χ0n) is 13.8. The molecule has 3 N–H and O–H groups in total. The maximum atomic E-state index is 12.5. The van der Waals surface area contributed by atoms with Crippen LogP contribution in [0.25, 0.3) is 10.1 Å². The predicted octanol–water partition coefficient (Wildman–Crippen LogP) is 3.26. The minimum atomic E-state index is -0.254. The second-order valence-corrected chi connectivity index (χ2v) is 7.37. The Balaban J connectivity index is 1.58. The average Bonchev–Trinajstić information content (AvgIpc) is 2.99. The van der Waals surface area contributed by atoms with Crippen LogP contribution in [0, 0.1) is 5.92 Å². The van der Waals surface area contributed by atoms with Crippen LogP contribution in [0.4, 0.5) is 4.79 Å². The van der Waals surface area contributed by atoms with Crippen molar-refractivity contribution in [3.05, 3.63) is 35.2 Å². The zero-order valence-corrected chi connectivity index (χ0v) is 14.6. The van der Waals surface area contributed by atoms with E-state index in [4.69, 9.17) is 5.73 Å². The van der Waals surface area contributed by atoms with E-state index in [1.165, 1.54) is 10.1 Å². The number of rotatable bonds is 4. The first-order valence-corrected chi connectivity index (χ1v) is 9.22. The van der Waals surface area contributed by atoms with Crippen molar-refractivity contribution >= 4 is 33.4 Å². The summed E-state index contributed by atoms with van der Waals surface area (Å²) >= 11 is 1.70. The van der Waals surface area contributed by atoms with E-state index in [2.05, 4.69) is 22.8 Å². The fourth-order valence-corrected chi connectivity index (χ4v) is 4.37. The summed E-state index contributed by atoms with van der Waals surface area (Å²) in [5, 5.41) is 6.43. The Morgan fingerprint density at radius 2 is 2.04 bits per heavy atom. The van der Waals surface area contributed by atoms with Gasteiger partial charge in [0, 0.05) is 24.2 Å². The largest absolute Gasteiger partial charge is 0.370 e. The van der Waals surface area contributed by atoms with Crippen LogP contribution in [-0.2, 0) is 4.79 Å². The first kappa shape index (κ1) is 16.8. The van der Waals surface area contributed by atoms with E-state index in [-0.39, 0.29) is 18.0 Å². The highest BCUT2D eigenvalue weighted by atomic mass is 32.1. The number of hydrogen-bond acceptors (Lipinski definition) is 3. The molecule has 2 heterocycles. The average molecular weight is 345 g/mol. The number of nitrogens with zero attached hydrogens (tertiary/aromatic N) is 1. The Morgan fingerprint density at radius 1 is 1.33 bits per heavy atom. The Hall–Kier alpha value is -2.08. The van der Waals surface area contributed by atoms with Crippen LogP contribution in [0.15, 0.2) is 29.6 Å². The summed E-state index contributed by atoms with van der Waals surface area (Å²) in [4.78, 5) is 25.3. The van der Waals surface area contributed by atoms with Gasteiger partial charge in [-0.2, -0.15) is 0 Å². The number of urea groups is 1. The molecule has 1 aliphatic rings. The fourth-order valence-electron chi connectivity index (χ4n) is 3.31. The molecule has 6 heteroatoms. The highest BCUT2D eigenvalue weighted by Crippen LogP contribution is 2.30. The second-order valence-electron chi connectivity index (χ2n) is 6.46. The monoisotopic (exact) mass is 345 g/mol. The predicted molar refractivity (Wildman–Crippen MR) is 96.9 cm³/mol. The van der Waals surface area contributed by atoms with Crippen molar-refractivity contribution in [2.24, 2.45) is 11.7 Å². The van der Waals surface area contributed by atoms with Gasteiger partial charge < -0.3 is 16.0 Å². The molecule has 5 nitrogen and oxygen atoms in total. The molecule has 1 saturated heterocycles. The Bertz CT molecular complexity index is 735. The Morgan fingerprint density at radius 3 is 2.75 bits per heavy atom. The van der Waals surface area contributed by atoms with Crippen LogP contribution in [0.5, 0.6) is 0 Å². The number of benzene rings is 1. The van der Waals surface area contributed by atoms with Crippen molar-refractivity contribution in [3.8, 4) is 0 Å². The third-order valence-electron chi connectivity index (χ3n) is 4.71. The minimum absolute atomic E-state index is 0.0306. The summed E-state index contributed by atoms with van der Waals surface area (Å²) in [6, 6.07) is 8.19. The van der Waals surface area contributed by atoms with Gasteiger partial charge in [-0.05, 0) is 48.1 Å². The summed E-state index contributed by atoms with van der Waals surface area (Å²) in [5.41, 5.74) is 6.41. The SMILES string of the molecule is C[C@@H](NC(=O)N1CCC(CC(N)=O)CC1)c1csc2ccccc12. The summed E-state index contributed by atoms with van der Waals surface area (Å²) in [5.74, 6) is 0.0562. The Kier molecular flexibility index (Phi) is 5.04. The van der Waals surface area contributed by atoms with Gasteiger partial charge in [-0.1, -0.05) is 18.2 Å². The van der Waals surface area contributed by atoms with Gasteiger partial charge in [-0.25, -0.2) is 4.79 Å². The molecule has 24 heavy (non-hydrogen) atoms. The molecule has 0 aliphatic carbocycles. The van der Waals surface area contributed by atoms with Gasteiger partial charge in [0.05, 0.1) is 6.04 Å². The zero-order chi connectivity index (χ0) is 17.1. The van der Waals surface area contributed by atoms with E-state index in [0.29, 0.717) is 25.4 Å².